The molecular formula is C16H17ClFNO2S. The van der Waals surface area contributed by atoms with Crippen molar-refractivity contribution in [3.63, 3.8) is 0 Å². The van der Waals surface area contributed by atoms with E-state index < -0.39 is 11.2 Å². The Morgan fingerprint density at radius 2 is 2.14 bits per heavy atom. The van der Waals surface area contributed by atoms with Crippen LogP contribution < -0.4 is 0 Å². The van der Waals surface area contributed by atoms with Crippen molar-refractivity contribution in [1.82, 2.24) is 4.90 Å². The third kappa shape index (κ3) is 3.70. The summed E-state index contributed by atoms with van der Waals surface area (Å²) in [6, 6.07) is 4.40. The fraction of sp³-hybridized carbons (Fsp3) is 0.375. The van der Waals surface area contributed by atoms with Gasteiger partial charge in [-0.1, -0.05) is 50.2 Å². The highest BCUT2D eigenvalue weighted by Gasteiger charge is 2.30. The molecule has 118 valence electrons. The zero-order valence-electron chi connectivity index (χ0n) is 12.7. The first-order valence-corrected chi connectivity index (χ1v) is 8.18. The Bertz CT molecular complexity index is 632. The van der Waals surface area contributed by atoms with E-state index in [1.54, 1.807) is 6.07 Å². The van der Waals surface area contributed by atoms with Gasteiger partial charge in [0, 0.05) is 22.1 Å². The van der Waals surface area contributed by atoms with Crippen molar-refractivity contribution in [3.8, 4) is 0 Å². The standard InChI is InChI=1S/C16H17ClFNO2S/c1-16(2,3)13(20)7-15-19(14(21)9-22-15)8-10-11(17)5-4-6-12(10)18/h4-7H,8-9H2,1-3H3/b15-7-. The van der Waals surface area contributed by atoms with E-state index in [9.17, 15) is 14.0 Å². The molecule has 1 saturated heterocycles. The van der Waals surface area contributed by atoms with Gasteiger partial charge in [-0.3, -0.25) is 9.59 Å². The first-order chi connectivity index (χ1) is 10.2. The van der Waals surface area contributed by atoms with E-state index in [2.05, 4.69) is 0 Å². The predicted octanol–water partition coefficient (Wildman–Crippen LogP) is 4.01. The van der Waals surface area contributed by atoms with Crippen molar-refractivity contribution < 1.29 is 14.0 Å². The largest absolute Gasteiger partial charge is 0.301 e. The summed E-state index contributed by atoms with van der Waals surface area (Å²) in [5.41, 5.74) is -0.269. The second-order valence-electron chi connectivity index (χ2n) is 6.07. The number of allylic oxidation sites excluding steroid dienone is 1. The molecule has 1 heterocycles. The average Bonchev–Trinajstić information content (AvgIpc) is 2.74. The van der Waals surface area contributed by atoms with Gasteiger partial charge in [0.15, 0.2) is 5.78 Å². The van der Waals surface area contributed by atoms with E-state index in [1.807, 2.05) is 20.8 Å². The molecule has 0 atom stereocenters. The minimum Gasteiger partial charge on any atom is -0.301 e. The Kier molecular flexibility index (Phi) is 4.97. The van der Waals surface area contributed by atoms with Gasteiger partial charge < -0.3 is 4.90 Å². The maximum absolute atomic E-state index is 13.9. The predicted molar refractivity (Wildman–Crippen MR) is 87.0 cm³/mol. The van der Waals surface area contributed by atoms with E-state index in [4.69, 9.17) is 11.6 Å². The molecule has 1 amide bonds. The van der Waals surface area contributed by atoms with Crippen LogP contribution in [0.15, 0.2) is 29.3 Å². The average molecular weight is 342 g/mol. The highest BCUT2D eigenvalue weighted by Crippen LogP contribution is 2.33. The SMILES string of the molecule is CC(C)(C)C(=O)/C=C1\SCC(=O)N1Cc1c(F)cccc1Cl. The molecule has 0 unspecified atom stereocenters. The summed E-state index contributed by atoms with van der Waals surface area (Å²) in [6.45, 7) is 5.46. The highest BCUT2D eigenvalue weighted by molar-refractivity contribution is 8.04. The van der Waals surface area contributed by atoms with Crippen LogP contribution in [-0.4, -0.2) is 22.3 Å². The summed E-state index contributed by atoms with van der Waals surface area (Å²) in [6.07, 6.45) is 1.46. The number of hydrogen-bond acceptors (Lipinski definition) is 3. The molecule has 0 radical (unpaired) electrons. The second-order valence-corrected chi connectivity index (χ2v) is 7.47. The van der Waals surface area contributed by atoms with Crippen LogP contribution in [0.1, 0.15) is 26.3 Å². The molecule has 22 heavy (non-hydrogen) atoms. The number of amides is 1. The summed E-state index contributed by atoms with van der Waals surface area (Å²) < 4.78 is 13.9. The van der Waals surface area contributed by atoms with Crippen LogP contribution in [0.3, 0.4) is 0 Å². The Balaban J connectivity index is 2.30. The van der Waals surface area contributed by atoms with E-state index in [-0.39, 0.29) is 34.6 Å². The van der Waals surface area contributed by atoms with Crippen molar-refractivity contribution in [1.29, 1.82) is 0 Å². The molecule has 1 aromatic carbocycles. The molecule has 0 spiro atoms. The molecule has 3 nitrogen and oxygen atoms in total. The minimum absolute atomic E-state index is 0.0284. The van der Waals surface area contributed by atoms with Gasteiger partial charge >= 0.3 is 0 Å². The third-order valence-corrected chi connectivity index (χ3v) is 4.66. The molecule has 1 fully saturated rings. The maximum Gasteiger partial charge on any atom is 0.238 e. The van der Waals surface area contributed by atoms with Crippen molar-refractivity contribution in [2.24, 2.45) is 5.41 Å². The van der Waals surface area contributed by atoms with Gasteiger partial charge in [0.1, 0.15) is 5.82 Å². The number of carbonyl (C=O) groups excluding carboxylic acids is 2. The molecule has 1 aromatic rings. The lowest BCUT2D eigenvalue weighted by Gasteiger charge is -2.20. The van der Waals surface area contributed by atoms with E-state index in [0.717, 1.165) is 0 Å². The van der Waals surface area contributed by atoms with Gasteiger partial charge in [0.25, 0.3) is 0 Å². The number of ketones is 1. The molecule has 1 aliphatic heterocycles. The first kappa shape index (κ1) is 17.0. The molecular weight excluding hydrogens is 325 g/mol. The molecule has 6 heteroatoms. The van der Waals surface area contributed by atoms with Gasteiger partial charge in [-0.15, -0.1) is 0 Å². The van der Waals surface area contributed by atoms with Gasteiger partial charge in [-0.25, -0.2) is 4.39 Å². The lowest BCUT2D eigenvalue weighted by atomic mass is 9.91. The summed E-state index contributed by atoms with van der Waals surface area (Å²) in [5, 5.41) is 0.815. The van der Waals surface area contributed by atoms with Crippen LogP contribution in [0.2, 0.25) is 5.02 Å². The molecule has 0 N–H and O–H groups in total. The molecule has 2 rings (SSSR count). The van der Waals surface area contributed by atoms with Crippen molar-refractivity contribution >= 4 is 35.1 Å². The van der Waals surface area contributed by atoms with E-state index in [1.165, 1.54) is 34.9 Å². The van der Waals surface area contributed by atoms with E-state index in [0.29, 0.717) is 5.03 Å². The monoisotopic (exact) mass is 341 g/mol. The van der Waals surface area contributed by atoms with Crippen LogP contribution in [0, 0.1) is 11.2 Å². The normalized spacial score (nSPS) is 17.4. The Labute approximate surface area is 138 Å². The number of hydrogen-bond donors (Lipinski definition) is 0. The first-order valence-electron chi connectivity index (χ1n) is 6.82. The van der Waals surface area contributed by atoms with Crippen molar-refractivity contribution in [3.05, 3.63) is 45.7 Å². The zero-order chi connectivity index (χ0) is 16.5. The molecule has 0 aromatic heterocycles. The van der Waals surface area contributed by atoms with Crippen LogP contribution in [0.25, 0.3) is 0 Å². The quantitative estimate of drug-likeness (QED) is 0.779. The van der Waals surface area contributed by atoms with Crippen LogP contribution in [-0.2, 0) is 16.1 Å². The summed E-state index contributed by atoms with van der Waals surface area (Å²) in [4.78, 5) is 25.6. The fourth-order valence-electron chi connectivity index (χ4n) is 1.87. The smallest absolute Gasteiger partial charge is 0.238 e. The Morgan fingerprint density at radius 1 is 1.45 bits per heavy atom. The lowest BCUT2D eigenvalue weighted by molar-refractivity contribution is -0.125. The Morgan fingerprint density at radius 3 is 2.73 bits per heavy atom. The highest BCUT2D eigenvalue weighted by atomic mass is 35.5. The topological polar surface area (TPSA) is 37.4 Å². The number of halogens is 2. The minimum atomic E-state index is -0.527. The van der Waals surface area contributed by atoms with Crippen molar-refractivity contribution in [2.45, 2.75) is 27.3 Å². The number of nitrogens with zero attached hydrogens (tertiary/aromatic N) is 1. The summed E-state index contributed by atoms with van der Waals surface area (Å²) in [7, 11) is 0. The maximum atomic E-state index is 13.9. The lowest BCUT2D eigenvalue weighted by Crippen LogP contribution is -2.26. The molecule has 0 bridgehead atoms. The van der Waals surface area contributed by atoms with Gasteiger partial charge in [0.2, 0.25) is 5.91 Å². The Hall–Kier alpha value is -1.33. The zero-order valence-corrected chi connectivity index (χ0v) is 14.2. The number of benzene rings is 1. The fourth-order valence-corrected chi connectivity index (χ4v) is 3.03. The molecule has 1 aliphatic rings. The van der Waals surface area contributed by atoms with E-state index >= 15 is 0 Å². The van der Waals surface area contributed by atoms with Gasteiger partial charge in [-0.2, -0.15) is 0 Å². The molecule has 0 aliphatic carbocycles. The third-order valence-electron chi connectivity index (χ3n) is 3.28. The second kappa shape index (κ2) is 6.42. The van der Waals surface area contributed by atoms with Gasteiger partial charge in [0.05, 0.1) is 17.3 Å². The number of rotatable bonds is 3. The van der Waals surface area contributed by atoms with Gasteiger partial charge in [-0.05, 0) is 12.1 Å². The number of thioether (sulfide) groups is 1. The molecule has 0 saturated carbocycles. The van der Waals surface area contributed by atoms with Crippen LogP contribution >= 0.6 is 23.4 Å². The van der Waals surface area contributed by atoms with Crippen molar-refractivity contribution in [2.75, 3.05) is 5.75 Å². The van der Waals surface area contributed by atoms with Crippen LogP contribution in [0.5, 0.6) is 0 Å². The van der Waals surface area contributed by atoms with Crippen LogP contribution in [0.4, 0.5) is 4.39 Å². The number of carbonyl (C=O) groups is 2. The summed E-state index contributed by atoms with van der Waals surface area (Å²) in [5.74, 6) is -0.444. The summed E-state index contributed by atoms with van der Waals surface area (Å²) >= 11 is 7.30.